The Kier molecular flexibility index (Phi) is 5.45. The average molecular weight is 344 g/mol. The third-order valence-electron chi connectivity index (χ3n) is 2.90. The molecule has 9 nitrogen and oxygen atoms in total. The Hall–Kier alpha value is -3.43. The molecule has 0 aliphatic rings. The molecule has 0 fully saturated rings. The van der Waals surface area contributed by atoms with E-state index in [1.807, 2.05) is 12.1 Å². The first-order valence-corrected chi connectivity index (χ1v) is 6.95. The van der Waals surface area contributed by atoms with Crippen molar-refractivity contribution in [1.82, 2.24) is 9.97 Å². The molecule has 24 heavy (non-hydrogen) atoms. The number of nitro groups is 1. The van der Waals surface area contributed by atoms with Crippen LogP contribution in [0.15, 0.2) is 30.6 Å². The zero-order valence-electron chi connectivity index (χ0n) is 12.2. The number of anilines is 3. The Labute approximate surface area is 141 Å². The van der Waals surface area contributed by atoms with Crippen LogP contribution in [0.2, 0.25) is 5.02 Å². The number of nitriles is 2. The summed E-state index contributed by atoms with van der Waals surface area (Å²) in [4.78, 5) is 19.8. The summed E-state index contributed by atoms with van der Waals surface area (Å²) in [6, 6.07) is 10.3. The summed E-state index contributed by atoms with van der Waals surface area (Å²) in [6.45, 7) is -0.440. The molecule has 120 valence electrons. The Morgan fingerprint density at radius 2 is 2.00 bits per heavy atom. The van der Waals surface area contributed by atoms with Gasteiger partial charge in [-0.15, -0.1) is 0 Å². The van der Waals surface area contributed by atoms with Crippen LogP contribution < -0.4 is 10.2 Å². The summed E-state index contributed by atoms with van der Waals surface area (Å²) < 4.78 is 0. The van der Waals surface area contributed by atoms with Crippen molar-refractivity contribution in [3.63, 3.8) is 0 Å². The highest BCUT2D eigenvalue weighted by molar-refractivity contribution is 6.30. The topological polar surface area (TPSA) is 132 Å². The SMILES string of the molecule is N#CCN(CC#N)c1ncnc(Nc2cccc(Cl)c2)c1[N+](=O)[O-]. The highest BCUT2D eigenvalue weighted by atomic mass is 35.5. The molecule has 2 rings (SSSR count). The lowest BCUT2D eigenvalue weighted by molar-refractivity contribution is -0.383. The van der Waals surface area contributed by atoms with Crippen molar-refractivity contribution in [2.24, 2.45) is 0 Å². The summed E-state index contributed by atoms with van der Waals surface area (Å²) in [6.07, 6.45) is 1.12. The van der Waals surface area contributed by atoms with Crippen LogP contribution in [0.4, 0.5) is 23.0 Å². The first kappa shape index (κ1) is 16.9. The monoisotopic (exact) mass is 343 g/mol. The first-order chi connectivity index (χ1) is 11.6. The first-order valence-electron chi connectivity index (χ1n) is 6.57. The number of nitrogens with one attached hydrogen (secondary N) is 1. The normalized spacial score (nSPS) is 9.62. The van der Waals surface area contributed by atoms with E-state index >= 15 is 0 Å². The molecule has 0 aliphatic carbocycles. The van der Waals surface area contributed by atoms with Gasteiger partial charge in [0.15, 0.2) is 0 Å². The molecule has 1 aromatic carbocycles. The number of aromatic nitrogens is 2. The van der Waals surface area contributed by atoms with Crippen LogP contribution in [0.1, 0.15) is 0 Å². The Morgan fingerprint density at radius 1 is 1.29 bits per heavy atom. The molecule has 0 spiro atoms. The van der Waals surface area contributed by atoms with E-state index in [1.54, 1.807) is 24.3 Å². The average Bonchev–Trinajstić information content (AvgIpc) is 2.54. The Balaban J connectivity index is 2.49. The van der Waals surface area contributed by atoms with E-state index < -0.39 is 10.6 Å². The van der Waals surface area contributed by atoms with Crippen LogP contribution in [0.5, 0.6) is 0 Å². The van der Waals surface area contributed by atoms with Crippen LogP contribution in [-0.4, -0.2) is 28.0 Å². The van der Waals surface area contributed by atoms with Gasteiger partial charge in [-0.1, -0.05) is 17.7 Å². The predicted octanol–water partition coefficient (Wildman–Crippen LogP) is 2.64. The number of hydrogen-bond donors (Lipinski definition) is 1. The van der Waals surface area contributed by atoms with Crippen LogP contribution in [0, 0.1) is 32.8 Å². The minimum absolute atomic E-state index is 0.0619. The Bertz CT molecular complexity index is 828. The molecule has 0 radical (unpaired) electrons. The van der Waals surface area contributed by atoms with E-state index in [0.29, 0.717) is 10.7 Å². The second-order valence-electron chi connectivity index (χ2n) is 4.46. The van der Waals surface area contributed by atoms with Gasteiger partial charge in [0, 0.05) is 10.7 Å². The van der Waals surface area contributed by atoms with E-state index in [9.17, 15) is 10.1 Å². The molecule has 10 heteroatoms. The fraction of sp³-hybridized carbons (Fsp3) is 0.143. The number of rotatable bonds is 6. The van der Waals surface area contributed by atoms with Crippen LogP contribution in [-0.2, 0) is 0 Å². The molecule has 0 bridgehead atoms. The molecule has 0 aliphatic heterocycles. The van der Waals surface area contributed by atoms with E-state index in [2.05, 4.69) is 15.3 Å². The molecule has 0 unspecified atom stereocenters. The van der Waals surface area contributed by atoms with Gasteiger partial charge in [0.2, 0.25) is 11.6 Å². The second-order valence-corrected chi connectivity index (χ2v) is 4.90. The van der Waals surface area contributed by atoms with Crippen molar-refractivity contribution in [3.05, 3.63) is 45.7 Å². The number of halogens is 1. The second kappa shape index (κ2) is 7.72. The minimum atomic E-state index is -0.663. The van der Waals surface area contributed by atoms with Gasteiger partial charge in [0.25, 0.3) is 0 Å². The van der Waals surface area contributed by atoms with Gasteiger partial charge >= 0.3 is 5.69 Å². The van der Waals surface area contributed by atoms with Crippen molar-refractivity contribution >= 4 is 34.6 Å². The van der Waals surface area contributed by atoms with E-state index in [4.69, 9.17) is 22.1 Å². The fourth-order valence-corrected chi connectivity index (χ4v) is 2.13. The standard InChI is InChI=1S/C14H10ClN7O2/c15-10-2-1-3-11(8-10)20-13-12(22(23)24)14(19-9-18-13)21(6-4-16)7-5-17/h1-3,8-9H,6-7H2,(H,18,19,20). The number of benzene rings is 1. The molecule has 0 saturated carbocycles. The van der Waals surface area contributed by atoms with Crippen molar-refractivity contribution < 1.29 is 4.92 Å². The summed E-state index contributed by atoms with van der Waals surface area (Å²) in [5, 5.41) is 32.4. The van der Waals surface area contributed by atoms with Crippen LogP contribution in [0.25, 0.3) is 0 Å². The zero-order valence-corrected chi connectivity index (χ0v) is 12.9. The highest BCUT2D eigenvalue weighted by Crippen LogP contribution is 2.33. The molecule has 1 aromatic heterocycles. The maximum absolute atomic E-state index is 11.5. The summed E-state index contributed by atoms with van der Waals surface area (Å²) in [7, 11) is 0. The van der Waals surface area contributed by atoms with Crippen molar-refractivity contribution in [2.75, 3.05) is 23.3 Å². The molecular weight excluding hydrogens is 334 g/mol. The Morgan fingerprint density at radius 3 is 2.58 bits per heavy atom. The van der Waals surface area contributed by atoms with Gasteiger partial charge in [0.1, 0.15) is 19.4 Å². The summed E-state index contributed by atoms with van der Waals surface area (Å²) >= 11 is 5.89. The molecule has 0 atom stereocenters. The van der Waals surface area contributed by atoms with Gasteiger partial charge in [-0.05, 0) is 18.2 Å². The number of hydrogen-bond acceptors (Lipinski definition) is 8. The number of nitrogens with zero attached hydrogens (tertiary/aromatic N) is 6. The summed E-state index contributed by atoms with van der Waals surface area (Å²) in [5.41, 5.74) is 0.0744. The molecule has 1 heterocycles. The third kappa shape index (κ3) is 3.85. The molecule has 2 aromatic rings. The zero-order chi connectivity index (χ0) is 17.5. The molecule has 0 saturated heterocycles. The van der Waals surface area contributed by atoms with Gasteiger partial charge in [-0.3, -0.25) is 10.1 Å². The fourth-order valence-electron chi connectivity index (χ4n) is 1.94. The quantitative estimate of drug-likeness (QED) is 0.481. The predicted molar refractivity (Wildman–Crippen MR) is 86.9 cm³/mol. The lowest BCUT2D eigenvalue weighted by Crippen LogP contribution is -2.26. The van der Waals surface area contributed by atoms with Crippen LogP contribution >= 0.6 is 11.6 Å². The molecule has 1 N–H and O–H groups in total. The van der Waals surface area contributed by atoms with Gasteiger partial charge in [0.05, 0.1) is 17.1 Å². The largest absolute Gasteiger partial charge is 0.353 e. The van der Waals surface area contributed by atoms with Crippen molar-refractivity contribution in [1.29, 1.82) is 10.5 Å². The van der Waals surface area contributed by atoms with Crippen molar-refractivity contribution in [2.45, 2.75) is 0 Å². The molecule has 0 amide bonds. The third-order valence-corrected chi connectivity index (χ3v) is 3.13. The molecular formula is C14H10ClN7O2. The maximum atomic E-state index is 11.5. The highest BCUT2D eigenvalue weighted by Gasteiger charge is 2.27. The lowest BCUT2D eigenvalue weighted by atomic mass is 10.3. The van der Waals surface area contributed by atoms with Crippen molar-refractivity contribution in [3.8, 4) is 12.1 Å². The van der Waals surface area contributed by atoms with Gasteiger partial charge in [-0.25, -0.2) is 9.97 Å². The van der Waals surface area contributed by atoms with E-state index in [0.717, 1.165) is 6.33 Å². The van der Waals surface area contributed by atoms with Gasteiger partial charge < -0.3 is 10.2 Å². The summed E-state index contributed by atoms with van der Waals surface area (Å²) in [5.74, 6) is -0.171. The minimum Gasteiger partial charge on any atom is -0.334 e. The lowest BCUT2D eigenvalue weighted by Gasteiger charge is -2.17. The maximum Gasteiger partial charge on any atom is 0.353 e. The smallest absolute Gasteiger partial charge is 0.334 e. The van der Waals surface area contributed by atoms with Crippen LogP contribution in [0.3, 0.4) is 0 Å². The van der Waals surface area contributed by atoms with E-state index in [1.165, 1.54) is 4.90 Å². The van der Waals surface area contributed by atoms with E-state index in [-0.39, 0.29) is 24.7 Å². The van der Waals surface area contributed by atoms with Gasteiger partial charge in [-0.2, -0.15) is 10.5 Å².